The number of para-hydroxylation sites is 1. The maximum Gasteiger partial charge on any atom is 0.357 e. The van der Waals surface area contributed by atoms with Gasteiger partial charge in [0.2, 0.25) is 5.82 Å². The van der Waals surface area contributed by atoms with E-state index in [1.807, 2.05) is 67.8 Å². The van der Waals surface area contributed by atoms with Gasteiger partial charge in [0, 0.05) is 11.3 Å². The molecule has 8 heteroatoms. The molecule has 0 radical (unpaired) electrons. The average Bonchev–Trinajstić information content (AvgIpc) is 3.40. The zero-order valence-corrected chi connectivity index (χ0v) is 16.7. The van der Waals surface area contributed by atoms with E-state index in [9.17, 15) is 4.79 Å². The molecule has 2 aromatic heterocycles. The maximum absolute atomic E-state index is 12.7. The van der Waals surface area contributed by atoms with E-state index in [0.29, 0.717) is 16.7 Å². The number of esters is 1. The summed E-state index contributed by atoms with van der Waals surface area (Å²) < 4.78 is 12.4. The normalized spacial score (nSPS) is 10.8. The Hall–Kier alpha value is -3.39. The standard InChI is InChI=1S/C21H18N4O3S/c1-14-8-10-15(11-9-14)19-23-18(28-24-19)13-27-20(26)17-12-22-21(29-2)25(17)16-6-4-3-5-7-16/h3-12H,13H2,1-2H3. The summed E-state index contributed by atoms with van der Waals surface area (Å²) >= 11 is 1.45. The second-order valence-corrected chi connectivity index (χ2v) is 7.03. The average molecular weight is 406 g/mol. The largest absolute Gasteiger partial charge is 0.451 e. The van der Waals surface area contributed by atoms with Crippen molar-refractivity contribution in [1.29, 1.82) is 0 Å². The number of carbonyl (C=O) groups excluding carboxylic acids is 1. The highest BCUT2D eigenvalue weighted by Gasteiger charge is 2.20. The fraction of sp³-hybridized carbons (Fsp3) is 0.143. The molecular weight excluding hydrogens is 388 g/mol. The van der Waals surface area contributed by atoms with E-state index in [4.69, 9.17) is 9.26 Å². The molecule has 0 saturated heterocycles. The monoisotopic (exact) mass is 406 g/mol. The Bertz CT molecular complexity index is 1120. The Morgan fingerprint density at radius 3 is 2.62 bits per heavy atom. The van der Waals surface area contributed by atoms with Crippen LogP contribution < -0.4 is 0 Å². The Labute approximate surface area is 171 Å². The summed E-state index contributed by atoms with van der Waals surface area (Å²) in [4.78, 5) is 21.3. The lowest BCUT2D eigenvalue weighted by atomic mass is 10.1. The van der Waals surface area contributed by atoms with Gasteiger partial charge in [-0.1, -0.05) is 64.9 Å². The lowest BCUT2D eigenvalue weighted by molar-refractivity contribution is 0.0419. The van der Waals surface area contributed by atoms with Crippen molar-refractivity contribution in [2.45, 2.75) is 18.7 Å². The molecule has 2 heterocycles. The molecule has 0 aliphatic rings. The molecule has 0 spiro atoms. The molecular formula is C21H18N4O3S. The van der Waals surface area contributed by atoms with Gasteiger partial charge in [-0.05, 0) is 25.3 Å². The number of benzene rings is 2. The summed E-state index contributed by atoms with van der Waals surface area (Å²) in [5.74, 6) is 0.163. The fourth-order valence-corrected chi connectivity index (χ4v) is 3.33. The first-order chi connectivity index (χ1) is 14.2. The van der Waals surface area contributed by atoms with Gasteiger partial charge in [0.05, 0.1) is 6.20 Å². The van der Waals surface area contributed by atoms with Crippen LogP contribution >= 0.6 is 11.8 Å². The number of imidazole rings is 1. The quantitative estimate of drug-likeness (QED) is 0.348. The molecule has 0 N–H and O–H groups in total. The summed E-state index contributed by atoms with van der Waals surface area (Å²) in [5, 5.41) is 4.65. The van der Waals surface area contributed by atoms with Crippen LogP contribution in [0.3, 0.4) is 0 Å². The SMILES string of the molecule is CSc1ncc(C(=O)OCc2nc(-c3ccc(C)cc3)no2)n1-c1ccccc1. The molecule has 0 bridgehead atoms. The van der Waals surface area contributed by atoms with Gasteiger partial charge in [0.15, 0.2) is 17.5 Å². The number of carbonyl (C=O) groups is 1. The van der Waals surface area contributed by atoms with E-state index in [-0.39, 0.29) is 12.5 Å². The van der Waals surface area contributed by atoms with Crippen LogP contribution in [0, 0.1) is 6.92 Å². The number of thioether (sulfide) groups is 1. The zero-order valence-electron chi connectivity index (χ0n) is 15.9. The fourth-order valence-electron chi connectivity index (χ4n) is 2.78. The molecule has 0 unspecified atom stereocenters. The van der Waals surface area contributed by atoms with Crippen molar-refractivity contribution in [2.24, 2.45) is 0 Å². The molecule has 0 fully saturated rings. The lowest BCUT2D eigenvalue weighted by Gasteiger charge is -2.10. The molecule has 146 valence electrons. The smallest absolute Gasteiger partial charge is 0.357 e. The summed E-state index contributed by atoms with van der Waals surface area (Å²) in [5.41, 5.74) is 3.15. The summed E-state index contributed by atoms with van der Waals surface area (Å²) in [6.07, 6.45) is 3.41. The molecule has 29 heavy (non-hydrogen) atoms. The van der Waals surface area contributed by atoms with Gasteiger partial charge in [-0.15, -0.1) is 0 Å². The van der Waals surface area contributed by atoms with Crippen LogP contribution in [0.25, 0.3) is 17.1 Å². The van der Waals surface area contributed by atoms with Crippen LogP contribution in [-0.4, -0.2) is 31.9 Å². The predicted octanol–water partition coefficient (Wildman–Crippen LogP) is 4.31. The van der Waals surface area contributed by atoms with Crippen molar-refractivity contribution < 1.29 is 14.1 Å². The van der Waals surface area contributed by atoms with Crippen molar-refractivity contribution in [3.63, 3.8) is 0 Å². The van der Waals surface area contributed by atoms with Crippen molar-refractivity contribution in [2.75, 3.05) is 6.26 Å². The number of aromatic nitrogens is 4. The third-order valence-electron chi connectivity index (χ3n) is 4.24. The maximum atomic E-state index is 12.7. The molecule has 0 atom stereocenters. The van der Waals surface area contributed by atoms with E-state index < -0.39 is 5.97 Å². The van der Waals surface area contributed by atoms with E-state index in [2.05, 4.69) is 15.1 Å². The third kappa shape index (κ3) is 4.07. The molecule has 2 aromatic carbocycles. The highest BCUT2D eigenvalue weighted by atomic mass is 32.2. The number of hydrogen-bond donors (Lipinski definition) is 0. The minimum atomic E-state index is -0.517. The zero-order chi connectivity index (χ0) is 20.2. The highest BCUT2D eigenvalue weighted by molar-refractivity contribution is 7.98. The van der Waals surface area contributed by atoms with Gasteiger partial charge < -0.3 is 9.26 Å². The van der Waals surface area contributed by atoms with Crippen LogP contribution in [0.15, 0.2) is 70.5 Å². The number of nitrogens with zero attached hydrogens (tertiary/aromatic N) is 4. The van der Waals surface area contributed by atoms with E-state index in [1.54, 1.807) is 4.57 Å². The molecule has 0 saturated carbocycles. The second-order valence-electron chi connectivity index (χ2n) is 6.25. The predicted molar refractivity (Wildman–Crippen MR) is 109 cm³/mol. The highest BCUT2D eigenvalue weighted by Crippen LogP contribution is 2.22. The Kier molecular flexibility index (Phi) is 5.44. The van der Waals surface area contributed by atoms with Gasteiger partial charge in [-0.2, -0.15) is 4.98 Å². The lowest BCUT2D eigenvalue weighted by Crippen LogP contribution is -2.12. The second kappa shape index (κ2) is 8.32. The minimum absolute atomic E-state index is 0.119. The van der Waals surface area contributed by atoms with Crippen LogP contribution in [0.2, 0.25) is 0 Å². The van der Waals surface area contributed by atoms with E-state index in [0.717, 1.165) is 16.8 Å². The third-order valence-corrected chi connectivity index (χ3v) is 4.89. The first-order valence-corrected chi connectivity index (χ1v) is 10.1. The number of aryl methyl sites for hydroxylation is 1. The number of ether oxygens (including phenoxy) is 1. The van der Waals surface area contributed by atoms with Gasteiger partial charge >= 0.3 is 5.97 Å². The molecule has 0 amide bonds. The Balaban J connectivity index is 1.50. The van der Waals surface area contributed by atoms with Crippen LogP contribution in [0.1, 0.15) is 21.9 Å². The summed E-state index contributed by atoms with van der Waals surface area (Å²) in [6.45, 7) is 1.89. The molecule has 7 nitrogen and oxygen atoms in total. The number of hydrogen-bond acceptors (Lipinski definition) is 7. The first kappa shape index (κ1) is 18.9. The van der Waals surface area contributed by atoms with E-state index in [1.165, 1.54) is 18.0 Å². The van der Waals surface area contributed by atoms with Gasteiger partial charge in [-0.3, -0.25) is 4.57 Å². The van der Waals surface area contributed by atoms with Crippen molar-refractivity contribution >= 4 is 17.7 Å². The van der Waals surface area contributed by atoms with Crippen molar-refractivity contribution in [1.82, 2.24) is 19.7 Å². The van der Waals surface area contributed by atoms with Crippen LogP contribution in [0.5, 0.6) is 0 Å². The topological polar surface area (TPSA) is 83.0 Å². The van der Waals surface area contributed by atoms with Gasteiger partial charge in [0.1, 0.15) is 0 Å². The van der Waals surface area contributed by atoms with Crippen molar-refractivity contribution in [3.8, 4) is 17.1 Å². The van der Waals surface area contributed by atoms with Crippen LogP contribution in [-0.2, 0) is 11.3 Å². The van der Waals surface area contributed by atoms with E-state index >= 15 is 0 Å². The van der Waals surface area contributed by atoms with Crippen molar-refractivity contribution in [3.05, 3.63) is 77.9 Å². The summed E-state index contributed by atoms with van der Waals surface area (Å²) in [6, 6.07) is 17.3. The molecule has 4 rings (SSSR count). The minimum Gasteiger partial charge on any atom is -0.451 e. The number of rotatable bonds is 6. The Morgan fingerprint density at radius 2 is 1.90 bits per heavy atom. The summed E-state index contributed by atoms with van der Waals surface area (Å²) in [7, 11) is 0. The molecule has 0 aliphatic heterocycles. The van der Waals surface area contributed by atoms with Crippen LogP contribution in [0.4, 0.5) is 0 Å². The first-order valence-electron chi connectivity index (χ1n) is 8.89. The Morgan fingerprint density at radius 1 is 1.14 bits per heavy atom. The van der Waals surface area contributed by atoms with Gasteiger partial charge in [-0.25, -0.2) is 9.78 Å². The van der Waals surface area contributed by atoms with Gasteiger partial charge in [0.25, 0.3) is 5.89 Å². The molecule has 0 aliphatic carbocycles. The molecule has 4 aromatic rings.